The maximum Gasteiger partial charge on any atom is 0.257 e. The topological polar surface area (TPSA) is 97.3 Å². The van der Waals surface area contributed by atoms with Gasteiger partial charge in [-0.2, -0.15) is 0 Å². The van der Waals surface area contributed by atoms with Gasteiger partial charge in [0, 0.05) is 12.7 Å². The van der Waals surface area contributed by atoms with Crippen LogP contribution >= 0.6 is 0 Å². The largest absolute Gasteiger partial charge is 0.507 e. The quantitative estimate of drug-likeness (QED) is 0.610. The van der Waals surface area contributed by atoms with Gasteiger partial charge in [0.25, 0.3) is 5.91 Å². The number of nitrogens with one attached hydrogen (secondary N) is 1. The van der Waals surface area contributed by atoms with Crippen molar-refractivity contribution in [2.45, 2.75) is 50.9 Å². The number of rotatable bonds is 5. The van der Waals surface area contributed by atoms with Gasteiger partial charge in [-0.15, -0.1) is 0 Å². The molecule has 2 aromatic rings. The second-order valence-electron chi connectivity index (χ2n) is 10.1. The normalized spacial score (nSPS) is 28.4. The van der Waals surface area contributed by atoms with Crippen LogP contribution in [0.2, 0.25) is 0 Å². The van der Waals surface area contributed by atoms with E-state index in [0.29, 0.717) is 29.2 Å². The lowest BCUT2D eigenvalue weighted by Crippen LogP contribution is -2.52. The van der Waals surface area contributed by atoms with Crippen LogP contribution < -0.4 is 10.1 Å². The number of methoxy groups -OCH3 is 2. The van der Waals surface area contributed by atoms with E-state index in [0.717, 1.165) is 12.8 Å². The molecule has 0 aromatic heterocycles. The molecule has 0 unspecified atom stereocenters. The molecule has 1 fully saturated rings. The molecule has 0 radical (unpaired) electrons. The van der Waals surface area contributed by atoms with Crippen LogP contribution in [0.1, 0.15) is 50.3 Å². The fourth-order valence-corrected chi connectivity index (χ4v) is 4.66. The van der Waals surface area contributed by atoms with Crippen molar-refractivity contribution in [3.63, 3.8) is 0 Å². The molecule has 34 heavy (non-hydrogen) atoms. The molecule has 0 aliphatic carbocycles. The van der Waals surface area contributed by atoms with Gasteiger partial charge in [-0.25, -0.2) is 0 Å². The van der Waals surface area contributed by atoms with Gasteiger partial charge in [0.15, 0.2) is 11.7 Å². The number of anilines is 1. The fourth-order valence-electron chi connectivity index (χ4n) is 4.66. The van der Waals surface area contributed by atoms with E-state index in [9.17, 15) is 15.0 Å². The number of phenols is 1. The highest BCUT2D eigenvalue weighted by Gasteiger charge is 2.51. The van der Waals surface area contributed by atoms with E-state index < -0.39 is 23.2 Å². The van der Waals surface area contributed by atoms with E-state index in [1.165, 1.54) is 7.11 Å². The minimum absolute atomic E-state index is 0.131. The molecule has 2 aliphatic heterocycles. The van der Waals surface area contributed by atoms with E-state index >= 15 is 0 Å². The number of benzene rings is 2. The molecule has 0 saturated carbocycles. The van der Waals surface area contributed by atoms with Crippen molar-refractivity contribution in [3.8, 4) is 11.5 Å². The first-order valence-electron chi connectivity index (χ1n) is 11.4. The van der Waals surface area contributed by atoms with E-state index in [-0.39, 0.29) is 16.7 Å². The van der Waals surface area contributed by atoms with E-state index in [1.807, 2.05) is 13.0 Å². The molecular weight excluding hydrogens is 434 g/mol. The zero-order valence-electron chi connectivity index (χ0n) is 20.3. The third-order valence-electron chi connectivity index (χ3n) is 6.94. The lowest BCUT2D eigenvalue weighted by Gasteiger charge is -2.41. The van der Waals surface area contributed by atoms with Gasteiger partial charge in [0.1, 0.15) is 11.5 Å². The summed E-state index contributed by atoms with van der Waals surface area (Å²) in [6.45, 7) is 7.06. The first-order valence-corrected chi connectivity index (χ1v) is 11.4. The average molecular weight is 468 g/mol. The predicted octanol–water partition coefficient (Wildman–Crippen LogP) is 4.21. The highest BCUT2D eigenvalue weighted by molar-refractivity contribution is 6.00. The highest BCUT2D eigenvalue weighted by Crippen LogP contribution is 2.48. The molecule has 0 bridgehead atoms. The Labute approximate surface area is 200 Å². The van der Waals surface area contributed by atoms with E-state index in [1.54, 1.807) is 49.6 Å². The third kappa shape index (κ3) is 4.19. The summed E-state index contributed by atoms with van der Waals surface area (Å²) in [6, 6.07) is 10.1. The van der Waals surface area contributed by atoms with Crippen molar-refractivity contribution in [2.24, 2.45) is 5.41 Å². The Kier molecular flexibility index (Phi) is 6.23. The Morgan fingerprint density at radius 3 is 2.38 bits per heavy atom. The van der Waals surface area contributed by atoms with Crippen molar-refractivity contribution in [2.75, 3.05) is 26.1 Å². The number of carbonyl (C=O) groups is 1. The maximum atomic E-state index is 12.8. The average Bonchev–Trinajstić information content (AvgIpc) is 2.81. The van der Waals surface area contributed by atoms with Gasteiger partial charge in [0.2, 0.25) is 0 Å². The monoisotopic (exact) mass is 467 g/mol. The third-order valence-corrected chi connectivity index (χ3v) is 6.94. The summed E-state index contributed by atoms with van der Waals surface area (Å²) in [5.74, 6) is -0.0257. The summed E-state index contributed by atoms with van der Waals surface area (Å²) in [7, 11) is 2.90. The summed E-state index contributed by atoms with van der Waals surface area (Å²) < 4.78 is 16.8. The van der Waals surface area contributed by atoms with Crippen LogP contribution in [0.25, 0.3) is 6.08 Å². The maximum absolute atomic E-state index is 12.8. The molecule has 1 amide bonds. The molecule has 4 rings (SSSR count). The predicted molar refractivity (Wildman–Crippen MR) is 130 cm³/mol. The zero-order chi connectivity index (χ0) is 24.7. The number of aliphatic hydroxyl groups is 1. The number of amides is 1. The molecule has 7 nitrogen and oxygen atoms in total. The molecule has 1 saturated heterocycles. The first kappa shape index (κ1) is 24.3. The number of phenolic OH excluding ortho intramolecular Hbond substituents is 1. The van der Waals surface area contributed by atoms with Crippen molar-refractivity contribution < 1.29 is 29.2 Å². The second-order valence-corrected chi connectivity index (χ2v) is 10.1. The van der Waals surface area contributed by atoms with Crippen LogP contribution in [0.5, 0.6) is 11.5 Å². The van der Waals surface area contributed by atoms with Gasteiger partial charge in [-0.3, -0.25) is 4.79 Å². The van der Waals surface area contributed by atoms with Crippen molar-refractivity contribution in [1.29, 1.82) is 0 Å². The molecule has 182 valence electrons. The molecular formula is C27H33NO6. The summed E-state index contributed by atoms with van der Waals surface area (Å²) in [4.78, 5) is 12.8. The molecule has 2 heterocycles. The zero-order valence-corrected chi connectivity index (χ0v) is 20.3. The minimum Gasteiger partial charge on any atom is -0.507 e. The van der Waals surface area contributed by atoms with Gasteiger partial charge in [-0.05, 0) is 55.0 Å². The number of hydrogen-bond acceptors (Lipinski definition) is 6. The van der Waals surface area contributed by atoms with Crippen LogP contribution in [0.3, 0.4) is 0 Å². The Balaban J connectivity index is 1.78. The van der Waals surface area contributed by atoms with Crippen LogP contribution in [0.15, 0.2) is 42.5 Å². The number of carbonyl (C=O) groups excluding carboxylic acids is 1. The summed E-state index contributed by atoms with van der Waals surface area (Å²) in [6.07, 6.45) is 4.38. The molecule has 3 atom stereocenters. The number of ether oxygens (including phenoxy) is 3. The minimum atomic E-state index is -1.91. The van der Waals surface area contributed by atoms with Crippen molar-refractivity contribution >= 4 is 17.7 Å². The van der Waals surface area contributed by atoms with Crippen molar-refractivity contribution in [3.05, 3.63) is 59.2 Å². The molecule has 3 N–H and O–H groups in total. The molecule has 7 heteroatoms. The first-order chi connectivity index (χ1) is 16.0. The number of fused-ring (bicyclic) bond motifs is 1. The standard InChI is InChI=1S/C27H33NO6/c1-25(2)14-15-26(3,34-16-25)13-12-17-6-11-20-21(22(17)29)27(31,23(33-5)24(30)28-20)18-7-9-19(32-4)10-8-18/h6-13,23,29,31H,14-16H2,1-5H3,(H,28,30)/b13-12+/t23-,26+,27+/m0/s1. The summed E-state index contributed by atoms with van der Waals surface area (Å²) in [5.41, 5.74) is -0.808. The molecule has 0 spiro atoms. The van der Waals surface area contributed by atoms with Gasteiger partial charge in [0.05, 0.1) is 30.6 Å². The Morgan fingerprint density at radius 2 is 1.79 bits per heavy atom. The second kappa shape index (κ2) is 8.73. The van der Waals surface area contributed by atoms with Crippen LogP contribution in [-0.4, -0.2) is 48.7 Å². The van der Waals surface area contributed by atoms with Gasteiger partial charge >= 0.3 is 0 Å². The Morgan fingerprint density at radius 1 is 1.09 bits per heavy atom. The van der Waals surface area contributed by atoms with Crippen LogP contribution in [-0.2, 0) is 19.9 Å². The van der Waals surface area contributed by atoms with E-state index in [2.05, 4.69) is 19.2 Å². The summed E-state index contributed by atoms with van der Waals surface area (Å²) in [5, 5.41) is 26.1. The SMILES string of the molecule is COc1ccc([C@@]2(O)c3c(ccc(/C=C/[C@]4(C)CCC(C)(C)CO4)c3O)NC(=O)[C@@H]2OC)cc1. The number of aromatic hydroxyl groups is 1. The fraction of sp³-hybridized carbons (Fsp3) is 0.444. The molecule has 2 aromatic carbocycles. The van der Waals surface area contributed by atoms with E-state index in [4.69, 9.17) is 14.2 Å². The Bertz CT molecular complexity index is 1100. The molecule has 2 aliphatic rings. The van der Waals surface area contributed by atoms with Crippen LogP contribution in [0.4, 0.5) is 5.69 Å². The Hall–Kier alpha value is -2.87. The summed E-state index contributed by atoms with van der Waals surface area (Å²) >= 11 is 0. The lowest BCUT2D eigenvalue weighted by molar-refractivity contribution is -0.142. The van der Waals surface area contributed by atoms with Crippen molar-refractivity contribution in [1.82, 2.24) is 0 Å². The van der Waals surface area contributed by atoms with Gasteiger partial charge in [-0.1, -0.05) is 38.1 Å². The lowest BCUT2D eigenvalue weighted by atomic mass is 9.76. The van der Waals surface area contributed by atoms with Gasteiger partial charge < -0.3 is 29.7 Å². The smallest absolute Gasteiger partial charge is 0.257 e. The highest BCUT2D eigenvalue weighted by atomic mass is 16.5. The van der Waals surface area contributed by atoms with Crippen LogP contribution in [0, 0.1) is 5.41 Å². The number of hydrogen-bond donors (Lipinski definition) is 3.